The third kappa shape index (κ3) is 3.05. The molecule has 1 aromatic rings. The molecule has 0 aliphatic carbocycles. The Hall–Kier alpha value is -0.440. The van der Waals surface area contributed by atoms with Gasteiger partial charge in [-0.05, 0) is 12.1 Å². The molecule has 0 spiro atoms. The van der Waals surface area contributed by atoms with Crippen LogP contribution in [0.2, 0.25) is 10.0 Å². The fourth-order valence-electron chi connectivity index (χ4n) is 0.899. The predicted molar refractivity (Wildman–Crippen MR) is 58.2 cm³/mol. The molecule has 0 saturated carbocycles. The molecule has 0 fully saturated rings. The van der Waals surface area contributed by atoms with E-state index in [0.717, 1.165) is 0 Å². The van der Waals surface area contributed by atoms with Crippen LogP contribution in [0.4, 0.5) is 0 Å². The molecule has 4 heteroatoms. The Morgan fingerprint density at radius 3 is 2.43 bits per heavy atom. The van der Waals surface area contributed by atoms with Crippen LogP contribution in [0, 0.1) is 5.92 Å². The Labute approximate surface area is 93.4 Å². The standard InChI is InChI=1S/C10H12Cl2O2/c1-7(5-13)6-14-10-8(11)3-2-4-9(10)12/h2-4,7,13H,5-6H2,1H3. The summed E-state index contributed by atoms with van der Waals surface area (Å²) in [5, 5.41) is 9.78. The number of aliphatic hydroxyl groups excluding tert-OH is 1. The summed E-state index contributed by atoms with van der Waals surface area (Å²) < 4.78 is 5.40. The highest BCUT2D eigenvalue weighted by Gasteiger charge is 2.08. The number of benzene rings is 1. The van der Waals surface area contributed by atoms with E-state index < -0.39 is 0 Å². The van der Waals surface area contributed by atoms with Crippen LogP contribution < -0.4 is 4.74 Å². The Morgan fingerprint density at radius 2 is 1.93 bits per heavy atom. The minimum atomic E-state index is 0.0716. The minimum Gasteiger partial charge on any atom is -0.490 e. The third-order valence-electron chi connectivity index (χ3n) is 1.74. The summed E-state index contributed by atoms with van der Waals surface area (Å²) >= 11 is 11.8. The Kier molecular flexibility index (Phi) is 4.52. The molecule has 0 aromatic heterocycles. The lowest BCUT2D eigenvalue weighted by Gasteiger charge is -2.12. The first-order chi connectivity index (χ1) is 6.65. The van der Waals surface area contributed by atoms with Crippen LogP contribution in [0.25, 0.3) is 0 Å². The van der Waals surface area contributed by atoms with Crippen LogP contribution >= 0.6 is 23.2 Å². The maximum Gasteiger partial charge on any atom is 0.156 e. The van der Waals surface area contributed by atoms with Crippen molar-refractivity contribution in [2.45, 2.75) is 6.92 Å². The summed E-state index contributed by atoms with van der Waals surface area (Å²) in [5.74, 6) is 0.554. The smallest absolute Gasteiger partial charge is 0.156 e. The first-order valence-corrected chi connectivity index (χ1v) is 5.08. The molecular weight excluding hydrogens is 223 g/mol. The first-order valence-electron chi connectivity index (χ1n) is 4.32. The molecule has 1 atom stereocenters. The summed E-state index contributed by atoms with van der Waals surface area (Å²) in [6.07, 6.45) is 0. The molecule has 14 heavy (non-hydrogen) atoms. The second-order valence-electron chi connectivity index (χ2n) is 3.15. The summed E-state index contributed by atoms with van der Waals surface area (Å²) in [6, 6.07) is 5.19. The molecular formula is C10H12Cl2O2. The molecule has 0 aliphatic heterocycles. The zero-order valence-corrected chi connectivity index (χ0v) is 9.35. The van der Waals surface area contributed by atoms with Crippen molar-refractivity contribution < 1.29 is 9.84 Å². The summed E-state index contributed by atoms with van der Waals surface area (Å²) in [4.78, 5) is 0. The van der Waals surface area contributed by atoms with E-state index in [4.69, 9.17) is 33.0 Å². The van der Waals surface area contributed by atoms with E-state index >= 15 is 0 Å². The SMILES string of the molecule is CC(CO)COc1c(Cl)cccc1Cl. The lowest BCUT2D eigenvalue weighted by Crippen LogP contribution is -2.12. The predicted octanol–water partition coefficient (Wildman–Crippen LogP) is 3.00. The highest BCUT2D eigenvalue weighted by molar-refractivity contribution is 6.37. The molecule has 1 rings (SSSR count). The molecule has 0 bridgehead atoms. The van der Waals surface area contributed by atoms with Crippen LogP contribution in [-0.4, -0.2) is 18.3 Å². The Balaban J connectivity index is 2.66. The quantitative estimate of drug-likeness (QED) is 0.869. The summed E-state index contributed by atoms with van der Waals surface area (Å²) in [7, 11) is 0. The van der Waals surface area contributed by atoms with E-state index in [1.165, 1.54) is 0 Å². The fourth-order valence-corrected chi connectivity index (χ4v) is 1.41. The number of hydrogen-bond acceptors (Lipinski definition) is 2. The third-order valence-corrected chi connectivity index (χ3v) is 2.34. The van der Waals surface area contributed by atoms with Crippen molar-refractivity contribution in [3.63, 3.8) is 0 Å². The van der Waals surface area contributed by atoms with Gasteiger partial charge in [-0.2, -0.15) is 0 Å². The van der Waals surface area contributed by atoms with Gasteiger partial charge in [0.05, 0.1) is 16.7 Å². The first kappa shape index (κ1) is 11.6. The Bertz CT molecular complexity index is 282. The van der Waals surface area contributed by atoms with E-state index in [-0.39, 0.29) is 12.5 Å². The molecule has 1 N–H and O–H groups in total. The number of hydrogen-bond donors (Lipinski definition) is 1. The van der Waals surface area contributed by atoms with E-state index in [1.807, 2.05) is 6.92 Å². The maximum absolute atomic E-state index is 8.81. The average Bonchev–Trinajstić information content (AvgIpc) is 2.16. The number of aliphatic hydroxyl groups is 1. The van der Waals surface area contributed by atoms with Crippen molar-refractivity contribution in [3.8, 4) is 5.75 Å². The lowest BCUT2D eigenvalue weighted by atomic mass is 10.2. The minimum absolute atomic E-state index is 0.0716. The molecule has 0 heterocycles. The zero-order valence-electron chi connectivity index (χ0n) is 7.84. The van der Waals surface area contributed by atoms with E-state index in [2.05, 4.69) is 0 Å². The van der Waals surface area contributed by atoms with Gasteiger partial charge in [-0.15, -0.1) is 0 Å². The second kappa shape index (κ2) is 5.44. The van der Waals surface area contributed by atoms with Gasteiger partial charge in [0.15, 0.2) is 5.75 Å². The van der Waals surface area contributed by atoms with Crippen LogP contribution in [-0.2, 0) is 0 Å². The van der Waals surface area contributed by atoms with Crippen molar-refractivity contribution in [1.29, 1.82) is 0 Å². The summed E-state index contributed by atoms with van der Waals surface area (Å²) in [5.41, 5.74) is 0. The molecule has 2 nitrogen and oxygen atoms in total. The number of para-hydroxylation sites is 1. The van der Waals surface area contributed by atoms with Crippen LogP contribution in [0.5, 0.6) is 5.75 Å². The second-order valence-corrected chi connectivity index (χ2v) is 3.96. The largest absolute Gasteiger partial charge is 0.490 e. The van der Waals surface area contributed by atoms with Crippen LogP contribution in [0.3, 0.4) is 0 Å². The maximum atomic E-state index is 8.81. The van der Waals surface area contributed by atoms with Gasteiger partial charge in [-0.25, -0.2) is 0 Å². The molecule has 0 amide bonds. The van der Waals surface area contributed by atoms with Crippen LogP contribution in [0.1, 0.15) is 6.92 Å². The van der Waals surface area contributed by atoms with Gasteiger partial charge in [0.1, 0.15) is 0 Å². The van der Waals surface area contributed by atoms with Crippen molar-refractivity contribution in [1.82, 2.24) is 0 Å². The van der Waals surface area contributed by atoms with Gasteiger partial charge in [0.25, 0.3) is 0 Å². The normalized spacial score (nSPS) is 12.6. The molecule has 0 saturated heterocycles. The van der Waals surface area contributed by atoms with E-state index in [0.29, 0.717) is 22.4 Å². The van der Waals surface area contributed by atoms with Crippen molar-refractivity contribution in [3.05, 3.63) is 28.2 Å². The lowest BCUT2D eigenvalue weighted by molar-refractivity contribution is 0.174. The summed E-state index contributed by atoms with van der Waals surface area (Å²) in [6.45, 7) is 2.37. The van der Waals surface area contributed by atoms with Gasteiger partial charge in [-0.1, -0.05) is 36.2 Å². The highest BCUT2D eigenvalue weighted by Crippen LogP contribution is 2.32. The zero-order chi connectivity index (χ0) is 10.6. The molecule has 78 valence electrons. The average molecular weight is 235 g/mol. The highest BCUT2D eigenvalue weighted by atomic mass is 35.5. The van der Waals surface area contributed by atoms with E-state index in [1.54, 1.807) is 18.2 Å². The number of halogens is 2. The van der Waals surface area contributed by atoms with Crippen molar-refractivity contribution in [2.24, 2.45) is 5.92 Å². The van der Waals surface area contributed by atoms with Crippen LogP contribution in [0.15, 0.2) is 18.2 Å². The van der Waals surface area contributed by atoms with Crippen molar-refractivity contribution in [2.75, 3.05) is 13.2 Å². The molecule has 0 radical (unpaired) electrons. The molecule has 1 aromatic carbocycles. The Morgan fingerprint density at radius 1 is 1.36 bits per heavy atom. The van der Waals surface area contributed by atoms with Gasteiger partial charge in [-0.3, -0.25) is 0 Å². The molecule has 1 unspecified atom stereocenters. The van der Waals surface area contributed by atoms with Gasteiger partial charge < -0.3 is 9.84 Å². The molecule has 0 aliphatic rings. The number of rotatable bonds is 4. The number of ether oxygens (including phenoxy) is 1. The monoisotopic (exact) mass is 234 g/mol. The van der Waals surface area contributed by atoms with Crippen molar-refractivity contribution >= 4 is 23.2 Å². The topological polar surface area (TPSA) is 29.5 Å². The van der Waals surface area contributed by atoms with Gasteiger partial charge >= 0.3 is 0 Å². The van der Waals surface area contributed by atoms with E-state index in [9.17, 15) is 0 Å². The fraction of sp³-hybridized carbons (Fsp3) is 0.400. The van der Waals surface area contributed by atoms with Gasteiger partial charge in [0, 0.05) is 12.5 Å². The van der Waals surface area contributed by atoms with Gasteiger partial charge in [0.2, 0.25) is 0 Å².